The Kier molecular flexibility index (Phi) is 1.45. The van der Waals surface area contributed by atoms with Gasteiger partial charge in [-0.25, -0.2) is 0 Å². The summed E-state index contributed by atoms with van der Waals surface area (Å²) in [5, 5.41) is 2.34. The van der Waals surface area contributed by atoms with E-state index >= 15 is 0 Å². The fourth-order valence-corrected chi connectivity index (χ4v) is 1.99. The van der Waals surface area contributed by atoms with E-state index in [4.69, 9.17) is 9.47 Å². The lowest BCUT2D eigenvalue weighted by Crippen LogP contribution is -1.84. The van der Waals surface area contributed by atoms with Crippen LogP contribution in [0, 0.1) is 0 Å². The Morgan fingerprint density at radius 1 is 1.21 bits per heavy atom. The normalized spacial score (nSPS) is 12.9. The largest absolute Gasteiger partial charge is 0.496 e. The van der Waals surface area contributed by atoms with Crippen LogP contribution in [0.25, 0.3) is 10.8 Å². The van der Waals surface area contributed by atoms with Crippen LogP contribution >= 0.6 is 0 Å². The van der Waals surface area contributed by atoms with Crippen LogP contribution in [-0.2, 0) is 6.61 Å². The third-order valence-corrected chi connectivity index (χ3v) is 2.65. The predicted molar refractivity (Wildman–Crippen MR) is 54.8 cm³/mol. The van der Waals surface area contributed by atoms with Crippen LogP contribution in [0.3, 0.4) is 0 Å². The van der Waals surface area contributed by atoms with E-state index in [2.05, 4.69) is 12.1 Å². The summed E-state index contributed by atoms with van der Waals surface area (Å²) in [4.78, 5) is 0. The first kappa shape index (κ1) is 7.68. The van der Waals surface area contributed by atoms with Gasteiger partial charge >= 0.3 is 0 Å². The molecule has 3 rings (SSSR count). The second-order valence-electron chi connectivity index (χ2n) is 3.39. The van der Waals surface area contributed by atoms with Crippen molar-refractivity contribution in [2.75, 3.05) is 7.11 Å². The lowest BCUT2D eigenvalue weighted by atomic mass is 10.1. The standard InChI is InChI=1S/C12H10O2/c1-13-10-5-6-11-12-8(7-14-11)3-2-4-9(10)12/h2-6H,7H2,1H3. The van der Waals surface area contributed by atoms with Gasteiger partial charge in [0, 0.05) is 16.3 Å². The molecular formula is C12H10O2. The Labute approximate surface area is 82.1 Å². The van der Waals surface area contributed by atoms with Crippen molar-refractivity contribution in [3.63, 3.8) is 0 Å². The molecule has 0 amide bonds. The van der Waals surface area contributed by atoms with Gasteiger partial charge in [-0.1, -0.05) is 18.2 Å². The lowest BCUT2D eigenvalue weighted by Gasteiger charge is -2.05. The van der Waals surface area contributed by atoms with E-state index in [1.165, 1.54) is 10.9 Å². The molecule has 1 heterocycles. The Bertz CT molecular complexity index is 493. The number of rotatable bonds is 1. The first-order chi connectivity index (χ1) is 6.90. The van der Waals surface area contributed by atoms with Crippen LogP contribution in [0.1, 0.15) is 5.56 Å². The van der Waals surface area contributed by atoms with Gasteiger partial charge in [0.05, 0.1) is 7.11 Å². The van der Waals surface area contributed by atoms with Crippen LogP contribution in [0.4, 0.5) is 0 Å². The molecule has 0 unspecified atom stereocenters. The Morgan fingerprint density at radius 3 is 3.00 bits per heavy atom. The number of benzene rings is 2. The van der Waals surface area contributed by atoms with E-state index in [9.17, 15) is 0 Å². The van der Waals surface area contributed by atoms with Crippen LogP contribution in [0.2, 0.25) is 0 Å². The molecule has 2 nitrogen and oxygen atoms in total. The molecule has 0 N–H and O–H groups in total. The zero-order valence-electron chi connectivity index (χ0n) is 7.91. The number of methoxy groups -OCH3 is 1. The van der Waals surface area contributed by atoms with Crippen LogP contribution < -0.4 is 9.47 Å². The molecule has 0 aliphatic carbocycles. The zero-order chi connectivity index (χ0) is 9.54. The van der Waals surface area contributed by atoms with Crippen molar-refractivity contribution < 1.29 is 9.47 Å². The summed E-state index contributed by atoms with van der Waals surface area (Å²) < 4.78 is 10.9. The second-order valence-corrected chi connectivity index (χ2v) is 3.39. The maximum absolute atomic E-state index is 5.56. The van der Waals surface area contributed by atoms with Gasteiger partial charge in [0.25, 0.3) is 0 Å². The molecule has 0 atom stereocenters. The SMILES string of the molecule is COc1ccc2c3c(cccc13)CO2. The number of ether oxygens (including phenoxy) is 2. The molecule has 1 aliphatic heterocycles. The van der Waals surface area contributed by atoms with E-state index in [0.717, 1.165) is 16.9 Å². The van der Waals surface area contributed by atoms with Crippen molar-refractivity contribution in [2.24, 2.45) is 0 Å². The minimum Gasteiger partial charge on any atom is -0.496 e. The summed E-state index contributed by atoms with van der Waals surface area (Å²) in [7, 11) is 1.69. The van der Waals surface area contributed by atoms with Crippen LogP contribution in [-0.4, -0.2) is 7.11 Å². The highest BCUT2D eigenvalue weighted by atomic mass is 16.5. The van der Waals surface area contributed by atoms with Gasteiger partial charge < -0.3 is 9.47 Å². The van der Waals surface area contributed by atoms with E-state index in [-0.39, 0.29) is 0 Å². The van der Waals surface area contributed by atoms with Gasteiger partial charge in [0.15, 0.2) is 0 Å². The molecule has 14 heavy (non-hydrogen) atoms. The number of hydrogen-bond acceptors (Lipinski definition) is 2. The van der Waals surface area contributed by atoms with Gasteiger partial charge in [0.2, 0.25) is 0 Å². The smallest absolute Gasteiger partial charge is 0.128 e. The third kappa shape index (κ3) is 0.854. The van der Waals surface area contributed by atoms with Crippen molar-refractivity contribution in [2.45, 2.75) is 6.61 Å². The number of hydrogen-bond donors (Lipinski definition) is 0. The first-order valence-electron chi connectivity index (χ1n) is 4.61. The van der Waals surface area contributed by atoms with E-state index < -0.39 is 0 Å². The van der Waals surface area contributed by atoms with Crippen LogP contribution in [0.15, 0.2) is 30.3 Å². The maximum Gasteiger partial charge on any atom is 0.128 e. The van der Waals surface area contributed by atoms with Crippen molar-refractivity contribution >= 4 is 10.8 Å². The fourth-order valence-electron chi connectivity index (χ4n) is 1.99. The molecule has 0 radical (unpaired) electrons. The summed E-state index contributed by atoms with van der Waals surface area (Å²) in [5.41, 5.74) is 1.25. The minimum absolute atomic E-state index is 0.680. The summed E-state index contributed by atoms with van der Waals surface area (Å²) >= 11 is 0. The fraction of sp³-hybridized carbons (Fsp3) is 0.167. The Morgan fingerprint density at radius 2 is 2.14 bits per heavy atom. The minimum atomic E-state index is 0.680. The molecule has 0 fully saturated rings. The quantitative estimate of drug-likeness (QED) is 0.681. The highest BCUT2D eigenvalue weighted by molar-refractivity contribution is 5.96. The Hall–Kier alpha value is -1.70. The van der Waals surface area contributed by atoms with Crippen molar-refractivity contribution in [3.05, 3.63) is 35.9 Å². The van der Waals surface area contributed by atoms with E-state index in [0.29, 0.717) is 6.61 Å². The molecule has 1 aliphatic rings. The summed E-state index contributed by atoms with van der Waals surface area (Å²) in [6, 6.07) is 10.1. The van der Waals surface area contributed by atoms with Crippen LogP contribution in [0.5, 0.6) is 11.5 Å². The highest BCUT2D eigenvalue weighted by Crippen LogP contribution is 2.39. The van der Waals surface area contributed by atoms with Gasteiger partial charge in [-0.3, -0.25) is 0 Å². The van der Waals surface area contributed by atoms with Crippen molar-refractivity contribution in [3.8, 4) is 11.5 Å². The molecule has 2 aromatic rings. The maximum atomic E-state index is 5.56. The average molecular weight is 186 g/mol. The Balaban J connectivity index is 2.48. The molecule has 0 saturated heterocycles. The molecule has 70 valence electrons. The van der Waals surface area contributed by atoms with Gasteiger partial charge in [-0.05, 0) is 12.1 Å². The summed E-state index contributed by atoms with van der Waals surface area (Å²) in [6.07, 6.45) is 0. The monoisotopic (exact) mass is 186 g/mol. The third-order valence-electron chi connectivity index (χ3n) is 2.65. The molecule has 0 aromatic heterocycles. The first-order valence-corrected chi connectivity index (χ1v) is 4.61. The van der Waals surface area contributed by atoms with Gasteiger partial charge in [-0.15, -0.1) is 0 Å². The molecule has 2 heteroatoms. The van der Waals surface area contributed by atoms with E-state index in [1.807, 2.05) is 18.2 Å². The topological polar surface area (TPSA) is 18.5 Å². The molecule has 0 spiro atoms. The highest BCUT2D eigenvalue weighted by Gasteiger charge is 2.16. The van der Waals surface area contributed by atoms with Crippen molar-refractivity contribution in [1.29, 1.82) is 0 Å². The summed E-state index contributed by atoms with van der Waals surface area (Å²) in [6.45, 7) is 0.680. The molecular weight excluding hydrogens is 176 g/mol. The second kappa shape index (κ2) is 2.64. The summed E-state index contributed by atoms with van der Waals surface area (Å²) in [5.74, 6) is 1.88. The molecule has 0 bridgehead atoms. The van der Waals surface area contributed by atoms with Crippen molar-refractivity contribution in [1.82, 2.24) is 0 Å². The predicted octanol–water partition coefficient (Wildman–Crippen LogP) is 2.74. The van der Waals surface area contributed by atoms with Gasteiger partial charge in [0.1, 0.15) is 18.1 Å². The van der Waals surface area contributed by atoms with Gasteiger partial charge in [-0.2, -0.15) is 0 Å². The zero-order valence-corrected chi connectivity index (χ0v) is 7.91. The molecule has 2 aromatic carbocycles. The molecule has 0 saturated carbocycles. The van der Waals surface area contributed by atoms with E-state index in [1.54, 1.807) is 7.11 Å². The lowest BCUT2D eigenvalue weighted by molar-refractivity contribution is 0.326. The average Bonchev–Trinajstić information content (AvgIpc) is 2.65.